The van der Waals surface area contributed by atoms with Gasteiger partial charge in [-0.25, -0.2) is 0 Å². The van der Waals surface area contributed by atoms with Gasteiger partial charge in [0.05, 0.1) is 37.2 Å². The molecule has 0 atom stereocenters. The van der Waals surface area contributed by atoms with Crippen LogP contribution < -0.4 is 4.90 Å². The Kier molecular flexibility index (Phi) is 8.10. The summed E-state index contributed by atoms with van der Waals surface area (Å²) in [6.07, 6.45) is 0.581. The summed E-state index contributed by atoms with van der Waals surface area (Å²) in [5.74, 6) is -0.548. The molecule has 0 aliphatic carbocycles. The van der Waals surface area contributed by atoms with Gasteiger partial charge in [-0.15, -0.1) is 10.2 Å². The molecule has 12 nitrogen and oxygen atoms in total. The maximum atomic E-state index is 12.6. The second kappa shape index (κ2) is 11.5. The van der Waals surface area contributed by atoms with Gasteiger partial charge in [0, 0.05) is 31.4 Å². The van der Waals surface area contributed by atoms with Gasteiger partial charge in [0.15, 0.2) is 5.69 Å². The Morgan fingerprint density at radius 1 is 0.949 bits per heavy atom. The van der Waals surface area contributed by atoms with Gasteiger partial charge < -0.3 is 4.90 Å². The number of nitrogens with zero attached hydrogens (tertiary/aromatic N) is 6. The number of non-ortho nitro benzene ring substituents is 1. The molecular formula is C26H23BrN6O6. The Morgan fingerprint density at radius 2 is 1.62 bits per heavy atom. The van der Waals surface area contributed by atoms with E-state index < -0.39 is 21.2 Å². The monoisotopic (exact) mass is 594 g/mol. The minimum atomic E-state index is -0.747. The summed E-state index contributed by atoms with van der Waals surface area (Å²) in [5.41, 5.74) is 1.90. The molecule has 0 unspecified atom stereocenters. The third-order valence-electron chi connectivity index (χ3n) is 6.31. The fourth-order valence-corrected chi connectivity index (χ4v) is 4.82. The van der Waals surface area contributed by atoms with Crippen LogP contribution in [0.4, 0.5) is 28.4 Å². The van der Waals surface area contributed by atoms with Crippen molar-refractivity contribution in [2.24, 2.45) is 10.2 Å². The van der Waals surface area contributed by atoms with Crippen molar-refractivity contribution in [1.29, 1.82) is 0 Å². The van der Waals surface area contributed by atoms with E-state index in [9.17, 15) is 29.8 Å². The first-order valence-corrected chi connectivity index (χ1v) is 12.8. The normalized spacial score (nSPS) is 12.7. The number of aryl methyl sites for hydroxylation is 1. The van der Waals surface area contributed by atoms with Gasteiger partial charge in [0.2, 0.25) is 0 Å². The minimum Gasteiger partial charge on any atom is -0.372 e. The number of nitro groups is 2. The molecule has 4 rings (SSSR count). The van der Waals surface area contributed by atoms with Crippen LogP contribution in [0.25, 0.3) is 0 Å². The summed E-state index contributed by atoms with van der Waals surface area (Å²) >= 11 is 3.12. The first-order valence-electron chi connectivity index (χ1n) is 12.0. The van der Waals surface area contributed by atoms with Crippen LogP contribution in [-0.2, 0) is 0 Å². The zero-order valence-corrected chi connectivity index (χ0v) is 22.6. The second-order valence-electron chi connectivity index (χ2n) is 8.72. The zero-order chi connectivity index (χ0) is 28.3. The zero-order valence-electron chi connectivity index (χ0n) is 21.0. The number of azo groups is 1. The van der Waals surface area contributed by atoms with Crippen molar-refractivity contribution in [3.63, 3.8) is 0 Å². The van der Waals surface area contributed by atoms with Crippen LogP contribution in [0.1, 0.15) is 39.6 Å². The highest BCUT2D eigenvalue weighted by Gasteiger charge is 2.34. The second-order valence-corrected chi connectivity index (χ2v) is 9.58. The van der Waals surface area contributed by atoms with Crippen LogP contribution in [-0.4, -0.2) is 46.2 Å². The molecule has 39 heavy (non-hydrogen) atoms. The van der Waals surface area contributed by atoms with Gasteiger partial charge in [-0.05, 0) is 72.1 Å². The van der Waals surface area contributed by atoms with Gasteiger partial charge in [0.1, 0.15) is 0 Å². The van der Waals surface area contributed by atoms with Crippen molar-refractivity contribution in [3.8, 4) is 0 Å². The van der Waals surface area contributed by atoms with Crippen LogP contribution in [0.15, 0.2) is 69.3 Å². The molecule has 13 heteroatoms. The van der Waals surface area contributed by atoms with Crippen molar-refractivity contribution in [3.05, 3.63) is 96.0 Å². The van der Waals surface area contributed by atoms with E-state index in [2.05, 4.69) is 31.1 Å². The molecule has 1 heterocycles. The lowest BCUT2D eigenvalue weighted by Gasteiger charge is -2.25. The van der Waals surface area contributed by atoms with Gasteiger partial charge in [-0.2, -0.15) is 0 Å². The fraction of sp³-hybridized carbons (Fsp3) is 0.231. The van der Waals surface area contributed by atoms with Crippen LogP contribution in [0.3, 0.4) is 0 Å². The number of carbonyl (C=O) groups is 2. The number of hydrogen-bond acceptors (Lipinski definition) is 9. The SMILES string of the molecule is CCN(CCCN1C(=O)c2ccccc2C1=O)c1ccc(/N=N/c2c(Br)cc([N+](=O)[O-])cc2[N+](=O)[O-])c(C)c1. The highest BCUT2D eigenvalue weighted by Crippen LogP contribution is 2.40. The van der Waals surface area contributed by atoms with E-state index in [-0.39, 0.29) is 22.0 Å². The lowest BCUT2D eigenvalue weighted by molar-refractivity contribution is -0.393. The summed E-state index contributed by atoms with van der Waals surface area (Å²) in [6, 6.07) is 14.3. The lowest BCUT2D eigenvalue weighted by Crippen LogP contribution is -2.33. The van der Waals surface area contributed by atoms with Crippen LogP contribution in [0, 0.1) is 27.2 Å². The Balaban J connectivity index is 1.46. The highest BCUT2D eigenvalue weighted by atomic mass is 79.9. The summed E-state index contributed by atoms with van der Waals surface area (Å²) in [6.45, 7) is 5.41. The van der Waals surface area contributed by atoms with Crippen molar-refractivity contribution in [2.45, 2.75) is 20.3 Å². The van der Waals surface area contributed by atoms with Gasteiger partial charge >= 0.3 is 5.69 Å². The lowest BCUT2D eigenvalue weighted by atomic mass is 10.1. The molecule has 0 aromatic heterocycles. The molecule has 1 aliphatic heterocycles. The van der Waals surface area contributed by atoms with Crippen LogP contribution >= 0.6 is 15.9 Å². The molecule has 2 amide bonds. The van der Waals surface area contributed by atoms with Crippen molar-refractivity contribution in [2.75, 3.05) is 24.5 Å². The first kappa shape index (κ1) is 27.5. The van der Waals surface area contributed by atoms with E-state index in [1.165, 1.54) is 4.90 Å². The topological polar surface area (TPSA) is 152 Å². The average Bonchev–Trinajstić information content (AvgIpc) is 3.15. The quantitative estimate of drug-likeness (QED) is 0.112. The average molecular weight is 595 g/mol. The first-order chi connectivity index (χ1) is 18.6. The molecule has 200 valence electrons. The Labute approximate surface area is 231 Å². The van der Waals surface area contributed by atoms with Crippen molar-refractivity contribution in [1.82, 2.24) is 4.90 Å². The third-order valence-corrected chi connectivity index (χ3v) is 6.91. The maximum absolute atomic E-state index is 12.6. The number of rotatable bonds is 10. The van der Waals surface area contributed by atoms with E-state index in [1.807, 2.05) is 26.0 Å². The maximum Gasteiger partial charge on any atom is 0.304 e. The summed E-state index contributed by atoms with van der Waals surface area (Å²) in [4.78, 5) is 49.6. The molecule has 0 saturated carbocycles. The largest absolute Gasteiger partial charge is 0.372 e. The minimum absolute atomic E-state index is 0.0802. The molecule has 0 spiro atoms. The van der Waals surface area contributed by atoms with Crippen molar-refractivity contribution < 1.29 is 19.4 Å². The van der Waals surface area contributed by atoms with E-state index in [4.69, 9.17) is 0 Å². The Bertz CT molecular complexity index is 1490. The molecule has 0 bridgehead atoms. The molecule has 3 aromatic carbocycles. The van der Waals surface area contributed by atoms with E-state index in [0.29, 0.717) is 42.9 Å². The van der Waals surface area contributed by atoms with E-state index in [0.717, 1.165) is 23.4 Å². The molecule has 0 fully saturated rings. The van der Waals surface area contributed by atoms with Gasteiger partial charge in [0.25, 0.3) is 17.5 Å². The molecule has 1 aliphatic rings. The van der Waals surface area contributed by atoms with E-state index >= 15 is 0 Å². The predicted octanol–water partition coefficient (Wildman–Crippen LogP) is 6.50. The summed E-state index contributed by atoms with van der Waals surface area (Å²) in [5, 5.41) is 30.7. The number of carbonyl (C=O) groups excluding carboxylic acids is 2. The number of nitro benzene ring substituents is 2. The number of amides is 2. The highest BCUT2D eigenvalue weighted by molar-refractivity contribution is 9.10. The molecule has 0 saturated heterocycles. The smallest absolute Gasteiger partial charge is 0.304 e. The molecule has 0 radical (unpaired) electrons. The Hall–Kier alpha value is -4.52. The predicted molar refractivity (Wildman–Crippen MR) is 147 cm³/mol. The van der Waals surface area contributed by atoms with Gasteiger partial charge in [-0.1, -0.05) is 12.1 Å². The fourth-order valence-electron chi connectivity index (χ4n) is 4.30. The van der Waals surface area contributed by atoms with Gasteiger partial charge in [-0.3, -0.25) is 34.7 Å². The Morgan fingerprint density at radius 3 is 2.18 bits per heavy atom. The summed E-state index contributed by atoms with van der Waals surface area (Å²) in [7, 11) is 0. The third kappa shape index (κ3) is 5.67. The van der Waals surface area contributed by atoms with E-state index in [1.54, 1.807) is 30.3 Å². The number of halogens is 1. The van der Waals surface area contributed by atoms with Crippen LogP contribution in [0.2, 0.25) is 0 Å². The number of imide groups is 1. The molecule has 3 aromatic rings. The standard InChI is InChI=1S/C26H23BrN6O6/c1-3-30(11-6-12-31-25(34)19-7-4-5-8-20(19)26(31)35)17-9-10-22(16(2)13-17)28-29-24-21(27)14-18(32(36)37)15-23(24)33(38)39/h4-5,7-10,13-15H,3,6,11-12H2,1-2H3/b29-28+. The number of anilines is 1. The van der Waals surface area contributed by atoms with Crippen LogP contribution in [0.5, 0.6) is 0 Å². The molecular weight excluding hydrogens is 572 g/mol. The number of hydrogen-bond donors (Lipinski definition) is 0. The van der Waals surface area contributed by atoms with Crippen molar-refractivity contribution >= 4 is 56.2 Å². The number of fused-ring (bicyclic) bond motifs is 1. The number of benzene rings is 3. The molecule has 0 N–H and O–H groups in total. The summed E-state index contributed by atoms with van der Waals surface area (Å²) < 4.78 is 0.0802.